The Morgan fingerprint density at radius 3 is 2.60 bits per heavy atom. The van der Waals surface area contributed by atoms with Gasteiger partial charge in [0.05, 0.1) is 0 Å². The SMILES string of the molecule is CCN(CC)C(=O)CCCC(=O)NCCC1CCNC1. The van der Waals surface area contributed by atoms with Gasteiger partial charge in [-0.3, -0.25) is 9.59 Å². The Labute approximate surface area is 122 Å². The molecular formula is C15H29N3O2. The Morgan fingerprint density at radius 2 is 2.00 bits per heavy atom. The van der Waals surface area contributed by atoms with E-state index in [0.717, 1.165) is 39.1 Å². The molecule has 2 N–H and O–H groups in total. The van der Waals surface area contributed by atoms with E-state index in [2.05, 4.69) is 10.6 Å². The van der Waals surface area contributed by atoms with Crippen molar-refractivity contribution >= 4 is 11.8 Å². The molecular weight excluding hydrogens is 254 g/mol. The second-order valence-electron chi connectivity index (χ2n) is 5.42. The summed E-state index contributed by atoms with van der Waals surface area (Å²) in [5.74, 6) is 0.933. The van der Waals surface area contributed by atoms with E-state index in [1.54, 1.807) is 0 Å². The summed E-state index contributed by atoms with van der Waals surface area (Å²) >= 11 is 0. The fourth-order valence-corrected chi connectivity index (χ4v) is 2.60. The van der Waals surface area contributed by atoms with E-state index in [-0.39, 0.29) is 11.8 Å². The summed E-state index contributed by atoms with van der Waals surface area (Å²) in [4.78, 5) is 25.2. The molecule has 1 heterocycles. The number of amides is 2. The third-order valence-corrected chi connectivity index (χ3v) is 3.95. The maximum absolute atomic E-state index is 11.8. The van der Waals surface area contributed by atoms with Gasteiger partial charge >= 0.3 is 0 Å². The fraction of sp³-hybridized carbons (Fsp3) is 0.867. The lowest BCUT2D eigenvalue weighted by Gasteiger charge is -2.18. The maximum atomic E-state index is 11.8. The van der Waals surface area contributed by atoms with E-state index in [1.807, 2.05) is 18.7 Å². The number of hydrogen-bond donors (Lipinski definition) is 2. The third-order valence-electron chi connectivity index (χ3n) is 3.95. The summed E-state index contributed by atoms with van der Waals surface area (Å²) in [5, 5.41) is 6.27. The van der Waals surface area contributed by atoms with Crippen molar-refractivity contribution in [1.82, 2.24) is 15.5 Å². The van der Waals surface area contributed by atoms with E-state index in [0.29, 0.717) is 25.2 Å². The zero-order valence-electron chi connectivity index (χ0n) is 12.9. The molecule has 1 saturated heterocycles. The largest absolute Gasteiger partial charge is 0.356 e. The average molecular weight is 283 g/mol. The van der Waals surface area contributed by atoms with Gasteiger partial charge < -0.3 is 15.5 Å². The fourth-order valence-electron chi connectivity index (χ4n) is 2.60. The van der Waals surface area contributed by atoms with Crippen LogP contribution in [0.1, 0.15) is 46.0 Å². The minimum absolute atomic E-state index is 0.0725. The quantitative estimate of drug-likeness (QED) is 0.667. The Bertz CT molecular complexity index is 297. The lowest BCUT2D eigenvalue weighted by molar-refractivity contribution is -0.131. The van der Waals surface area contributed by atoms with Crippen LogP contribution in [0.15, 0.2) is 0 Å². The van der Waals surface area contributed by atoms with E-state index < -0.39 is 0 Å². The van der Waals surface area contributed by atoms with Crippen LogP contribution in [0.2, 0.25) is 0 Å². The van der Waals surface area contributed by atoms with Gasteiger partial charge in [0, 0.05) is 32.5 Å². The molecule has 1 unspecified atom stereocenters. The van der Waals surface area contributed by atoms with Crippen LogP contribution in [0.4, 0.5) is 0 Å². The highest BCUT2D eigenvalue weighted by Crippen LogP contribution is 2.10. The van der Waals surface area contributed by atoms with Gasteiger partial charge in [-0.15, -0.1) is 0 Å². The number of rotatable bonds is 9. The minimum Gasteiger partial charge on any atom is -0.356 e. The van der Waals surface area contributed by atoms with Crippen LogP contribution in [-0.4, -0.2) is 49.4 Å². The molecule has 1 fully saturated rings. The first-order chi connectivity index (χ1) is 9.67. The molecule has 1 atom stereocenters. The summed E-state index contributed by atoms with van der Waals surface area (Å²) < 4.78 is 0. The normalized spacial score (nSPS) is 18.0. The highest BCUT2D eigenvalue weighted by atomic mass is 16.2. The summed E-state index contributed by atoms with van der Waals surface area (Å²) in [6, 6.07) is 0. The topological polar surface area (TPSA) is 61.4 Å². The molecule has 0 aromatic rings. The van der Waals surface area contributed by atoms with Crippen LogP contribution in [0, 0.1) is 5.92 Å². The Balaban J connectivity index is 2.03. The molecule has 1 aliphatic rings. The number of nitrogens with one attached hydrogen (secondary N) is 2. The molecule has 20 heavy (non-hydrogen) atoms. The predicted octanol–water partition coefficient (Wildman–Crippen LogP) is 1.14. The third kappa shape index (κ3) is 6.37. The highest BCUT2D eigenvalue weighted by Gasteiger charge is 2.14. The summed E-state index contributed by atoms with van der Waals surface area (Å²) in [7, 11) is 0. The van der Waals surface area contributed by atoms with Crippen LogP contribution in [-0.2, 0) is 9.59 Å². The maximum Gasteiger partial charge on any atom is 0.222 e. The first-order valence-electron chi connectivity index (χ1n) is 7.92. The van der Waals surface area contributed by atoms with Gasteiger partial charge in [-0.05, 0) is 52.1 Å². The number of hydrogen-bond acceptors (Lipinski definition) is 3. The van der Waals surface area contributed by atoms with Crippen LogP contribution in [0.5, 0.6) is 0 Å². The number of carbonyl (C=O) groups excluding carboxylic acids is 2. The zero-order valence-corrected chi connectivity index (χ0v) is 12.9. The van der Waals surface area contributed by atoms with Crippen LogP contribution < -0.4 is 10.6 Å². The van der Waals surface area contributed by atoms with E-state index in [4.69, 9.17) is 0 Å². The van der Waals surface area contributed by atoms with Crippen molar-refractivity contribution < 1.29 is 9.59 Å². The van der Waals surface area contributed by atoms with Gasteiger partial charge in [0.2, 0.25) is 11.8 Å². The van der Waals surface area contributed by atoms with Crippen LogP contribution >= 0.6 is 0 Å². The summed E-state index contributed by atoms with van der Waals surface area (Å²) in [5.41, 5.74) is 0. The van der Waals surface area contributed by atoms with Crippen molar-refractivity contribution in [3.8, 4) is 0 Å². The van der Waals surface area contributed by atoms with Crippen molar-refractivity contribution in [2.75, 3.05) is 32.7 Å². The van der Waals surface area contributed by atoms with E-state index >= 15 is 0 Å². The summed E-state index contributed by atoms with van der Waals surface area (Å²) in [6.07, 6.45) is 3.84. The first kappa shape index (κ1) is 17.0. The van der Waals surface area contributed by atoms with E-state index in [1.165, 1.54) is 6.42 Å². The molecule has 0 saturated carbocycles. The van der Waals surface area contributed by atoms with Gasteiger partial charge in [-0.1, -0.05) is 0 Å². The van der Waals surface area contributed by atoms with Gasteiger partial charge in [0.1, 0.15) is 0 Å². The van der Waals surface area contributed by atoms with Crippen molar-refractivity contribution in [2.24, 2.45) is 5.92 Å². The predicted molar refractivity (Wildman–Crippen MR) is 80.4 cm³/mol. The second-order valence-corrected chi connectivity index (χ2v) is 5.42. The molecule has 0 bridgehead atoms. The van der Waals surface area contributed by atoms with Gasteiger partial charge in [0.15, 0.2) is 0 Å². The van der Waals surface area contributed by atoms with E-state index in [9.17, 15) is 9.59 Å². The van der Waals surface area contributed by atoms with Crippen molar-refractivity contribution in [3.05, 3.63) is 0 Å². The highest BCUT2D eigenvalue weighted by molar-refractivity contribution is 5.78. The minimum atomic E-state index is 0.0725. The van der Waals surface area contributed by atoms with Crippen LogP contribution in [0.3, 0.4) is 0 Å². The zero-order chi connectivity index (χ0) is 14.8. The Hall–Kier alpha value is -1.10. The molecule has 0 radical (unpaired) electrons. The molecule has 0 aliphatic carbocycles. The number of nitrogens with zero attached hydrogens (tertiary/aromatic N) is 1. The van der Waals surface area contributed by atoms with Crippen molar-refractivity contribution in [3.63, 3.8) is 0 Å². The smallest absolute Gasteiger partial charge is 0.222 e. The molecule has 1 rings (SSSR count). The molecule has 5 nitrogen and oxygen atoms in total. The van der Waals surface area contributed by atoms with Gasteiger partial charge in [0.25, 0.3) is 0 Å². The Morgan fingerprint density at radius 1 is 1.25 bits per heavy atom. The average Bonchev–Trinajstić information content (AvgIpc) is 2.93. The standard InChI is InChI=1S/C15H29N3O2/c1-3-18(4-2)15(20)7-5-6-14(19)17-11-9-13-8-10-16-12-13/h13,16H,3-12H2,1-2H3,(H,17,19). The molecule has 2 amide bonds. The lowest BCUT2D eigenvalue weighted by atomic mass is 10.1. The summed E-state index contributed by atoms with van der Waals surface area (Å²) in [6.45, 7) is 8.39. The van der Waals surface area contributed by atoms with Gasteiger partial charge in [-0.2, -0.15) is 0 Å². The molecule has 1 aliphatic heterocycles. The molecule has 0 aromatic heterocycles. The van der Waals surface area contributed by atoms with Crippen molar-refractivity contribution in [1.29, 1.82) is 0 Å². The second kappa shape index (κ2) is 9.75. The monoisotopic (exact) mass is 283 g/mol. The lowest BCUT2D eigenvalue weighted by Crippen LogP contribution is -2.31. The molecule has 0 spiro atoms. The van der Waals surface area contributed by atoms with Crippen LogP contribution in [0.25, 0.3) is 0 Å². The molecule has 0 aromatic carbocycles. The van der Waals surface area contributed by atoms with Crippen molar-refractivity contribution in [2.45, 2.75) is 46.0 Å². The number of carbonyl (C=O) groups is 2. The Kier molecular flexibility index (Phi) is 8.26. The molecule has 5 heteroatoms. The first-order valence-corrected chi connectivity index (χ1v) is 7.92. The molecule has 116 valence electrons. The van der Waals surface area contributed by atoms with Gasteiger partial charge in [-0.25, -0.2) is 0 Å².